The van der Waals surface area contributed by atoms with Crippen molar-refractivity contribution < 1.29 is 9.90 Å². The van der Waals surface area contributed by atoms with E-state index in [1.54, 1.807) is 0 Å². The van der Waals surface area contributed by atoms with Crippen molar-refractivity contribution in [1.29, 1.82) is 0 Å². The molecule has 2 aliphatic carbocycles. The quantitative estimate of drug-likeness (QED) is 0.655. The summed E-state index contributed by atoms with van der Waals surface area (Å²) in [6, 6.07) is 0.101. The molecule has 3 N–H and O–H groups in total. The summed E-state index contributed by atoms with van der Waals surface area (Å²) in [5.41, 5.74) is -0.663. The van der Waals surface area contributed by atoms with Gasteiger partial charge in [0.2, 0.25) is 0 Å². The first-order valence-electron chi connectivity index (χ1n) is 6.60. The Labute approximate surface area is 102 Å². The minimum atomic E-state index is -0.663. The number of rotatable bonds is 3. The normalized spacial score (nSPS) is 26.8. The summed E-state index contributed by atoms with van der Waals surface area (Å²) in [7, 11) is 0. The largest absolute Gasteiger partial charge is 0.388 e. The van der Waals surface area contributed by atoms with E-state index in [0.29, 0.717) is 6.54 Å². The van der Waals surface area contributed by atoms with Crippen molar-refractivity contribution in [3.05, 3.63) is 12.2 Å². The summed E-state index contributed by atoms with van der Waals surface area (Å²) < 4.78 is 0. The van der Waals surface area contributed by atoms with Gasteiger partial charge in [0, 0.05) is 12.6 Å². The molecule has 0 bridgehead atoms. The van der Waals surface area contributed by atoms with Crippen molar-refractivity contribution >= 4 is 6.03 Å². The third kappa shape index (κ3) is 3.73. The lowest BCUT2D eigenvalue weighted by atomic mass is 10.0. The monoisotopic (exact) mass is 238 g/mol. The van der Waals surface area contributed by atoms with E-state index in [0.717, 1.165) is 44.9 Å². The first-order chi connectivity index (χ1) is 8.18. The lowest BCUT2D eigenvalue weighted by Gasteiger charge is -2.24. The highest BCUT2D eigenvalue weighted by molar-refractivity contribution is 5.74. The maximum atomic E-state index is 11.7. The number of urea groups is 1. The Kier molecular flexibility index (Phi) is 4.05. The molecular weight excluding hydrogens is 216 g/mol. The molecular formula is C13H22N2O2. The fraction of sp³-hybridized carbons (Fsp3) is 0.769. The predicted molar refractivity (Wildman–Crippen MR) is 66.7 cm³/mol. The fourth-order valence-electron chi connectivity index (χ4n) is 2.62. The van der Waals surface area contributed by atoms with Gasteiger partial charge in [-0.05, 0) is 32.1 Å². The van der Waals surface area contributed by atoms with Gasteiger partial charge < -0.3 is 15.7 Å². The van der Waals surface area contributed by atoms with Crippen LogP contribution in [0, 0.1) is 0 Å². The molecule has 1 unspecified atom stereocenters. The van der Waals surface area contributed by atoms with Crippen LogP contribution >= 0.6 is 0 Å². The van der Waals surface area contributed by atoms with E-state index >= 15 is 0 Å². The van der Waals surface area contributed by atoms with Gasteiger partial charge in [-0.25, -0.2) is 4.79 Å². The van der Waals surface area contributed by atoms with Crippen molar-refractivity contribution in [1.82, 2.24) is 10.6 Å². The Bertz CT molecular complexity index is 296. The van der Waals surface area contributed by atoms with Gasteiger partial charge in [-0.15, -0.1) is 0 Å². The summed E-state index contributed by atoms with van der Waals surface area (Å²) in [6.45, 7) is 0.376. The third-order valence-corrected chi connectivity index (χ3v) is 3.72. The van der Waals surface area contributed by atoms with Crippen molar-refractivity contribution in [2.24, 2.45) is 0 Å². The average Bonchev–Trinajstić information content (AvgIpc) is 2.76. The average molecular weight is 238 g/mol. The summed E-state index contributed by atoms with van der Waals surface area (Å²) in [6.07, 6.45) is 11.0. The van der Waals surface area contributed by atoms with Crippen molar-refractivity contribution in [2.75, 3.05) is 6.54 Å². The predicted octanol–water partition coefficient (Wildman–Crippen LogP) is 1.70. The molecule has 4 heteroatoms. The van der Waals surface area contributed by atoms with Gasteiger partial charge in [0.05, 0.1) is 5.60 Å². The highest BCUT2D eigenvalue weighted by Crippen LogP contribution is 2.28. The van der Waals surface area contributed by atoms with Crippen molar-refractivity contribution in [3.8, 4) is 0 Å². The zero-order valence-corrected chi connectivity index (χ0v) is 10.2. The Morgan fingerprint density at radius 2 is 2.12 bits per heavy atom. The Hall–Kier alpha value is -1.03. The van der Waals surface area contributed by atoms with Gasteiger partial charge in [-0.2, -0.15) is 0 Å². The van der Waals surface area contributed by atoms with Crippen LogP contribution in [0.15, 0.2) is 12.2 Å². The molecule has 1 saturated carbocycles. The lowest BCUT2D eigenvalue weighted by molar-refractivity contribution is 0.0500. The van der Waals surface area contributed by atoms with Crippen LogP contribution in [0.1, 0.15) is 44.9 Å². The number of hydrogen-bond donors (Lipinski definition) is 3. The maximum absolute atomic E-state index is 11.7. The van der Waals surface area contributed by atoms with Gasteiger partial charge in [0.25, 0.3) is 0 Å². The zero-order valence-electron chi connectivity index (χ0n) is 10.2. The highest BCUT2D eigenvalue weighted by Gasteiger charge is 2.31. The molecule has 2 aliphatic rings. The van der Waals surface area contributed by atoms with E-state index < -0.39 is 5.60 Å². The molecule has 1 atom stereocenters. The van der Waals surface area contributed by atoms with E-state index in [1.165, 1.54) is 0 Å². The first kappa shape index (κ1) is 12.4. The van der Waals surface area contributed by atoms with Crippen LogP contribution < -0.4 is 10.6 Å². The number of carbonyl (C=O) groups excluding carboxylic acids is 1. The number of allylic oxidation sites excluding steroid dienone is 1. The smallest absolute Gasteiger partial charge is 0.315 e. The molecule has 0 radical (unpaired) electrons. The molecule has 4 nitrogen and oxygen atoms in total. The van der Waals surface area contributed by atoms with Crippen LogP contribution in [0.3, 0.4) is 0 Å². The fourth-order valence-corrected chi connectivity index (χ4v) is 2.62. The molecule has 2 amide bonds. The molecule has 0 aromatic carbocycles. The SMILES string of the molecule is O=C(NCC1(O)CCCC1)NC1CC=CCC1. The second-order valence-electron chi connectivity index (χ2n) is 5.24. The molecule has 0 aromatic heterocycles. The van der Waals surface area contributed by atoms with E-state index in [2.05, 4.69) is 22.8 Å². The van der Waals surface area contributed by atoms with Gasteiger partial charge >= 0.3 is 6.03 Å². The number of carbonyl (C=O) groups is 1. The van der Waals surface area contributed by atoms with Gasteiger partial charge in [-0.3, -0.25) is 0 Å². The lowest BCUT2D eigenvalue weighted by Crippen LogP contribution is -2.48. The zero-order chi connectivity index (χ0) is 12.1. The Balaban J connectivity index is 1.68. The number of amides is 2. The summed E-state index contributed by atoms with van der Waals surface area (Å²) in [4.78, 5) is 11.7. The minimum Gasteiger partial charge on any atom is -0.388 e. The van der Waals surface area contributed by atoms with Crippen LogP contribution in [0.5, 0.6) is 0 Å². The molecule has 0 aromatic rings. The molecule has 0 saturated heterocycles. The standard InChI is InChI=1S/C13H22N2O2/c16-12(15-11-6-2-1-3-7-11)14-10-13(17)8-4-5-9-13/h1-2,11,17H,3-10H2,(H2,14,15,16). The minimum absolute atomic E-state index is 0.148. The second kappa shape index (κ2) is 5.54. The van der Waals surface area contributed by atoms with Crippen LogP contribution in [0.25, 0.3) is 0 Å². The van der Waals surface area contributed by atoms with Gasteiger partial charge in [0.1, 0.15) is 0 Å². The third-order valence-electron chi connectivity index (χ3n) is 3.72. The highest BCUT2D eigenvalue weighted by atomic mass is 16.3. The maximum Gasteiger partial charge on any atom is 0.315 e. The number of hydrogen-bond acceptors (Lipinski definition) is 2. The summed E-state index contributed by atoms with van der Waals surface area (Å²) >= 11 is 0. The molecule has 1 fully saturated rings. The van der Waals surface area contributed by atoms with E-state index in [-0.39, 0.29) is 12.1 Å². The summed E-state index contributed by atoms with van der Waals surface area (Å²) in [5.74, 6) is 0. The Morgan fingerprint density at radius 3 is 2.76 bits per heavy atom. The molecule has 2 rings (SSSR count). The van der Waals surface area contributed by atoms with Crippen LogP contribution in [-0.4, -0.2) is 29.3 Å². The van der Waals surface area contributed by atoms with Crippen LogP contribution in [-0.2, 0) is 0 Å². The van der Waals surface area contributed by atoms with Crippen molar-refractivity contribution in [2.45, 2.75) is 56.6 Å². The molecule has 17 heavy (non-hydrogen) atoms. The molecule has 96 valence electrons. The first-order valence-corrected chi connectivity index (χ1v) is 6.60. The second-order valence-corrected chi connectivity index (χ2v) is 5.24. The van der Waals surface area contributed by atoms with E-state index in [1.807, 2.05) is 0 Å². The molecule has 0 spiro atoms. The summed E-state index contributed by atoms with van der Waals surface area (Å²) in [5, 5.41) is 15.8. The van der Waals surface area contributed by atoms with Crippen LogP contribution in [0.2, 0.25) is 0 Å². The van der Waals surface area contributed by atoms with Gasteiger partial charge in [0.15, 0.2) is 0 Å². The van der Waals surface area contributed by atoms with Gasteiger partial charge in [-0.1, -0.05) is 25.0 Å². The van der Waals surface area contributed by atoms with E-state index in [4.69, 9.17) is 0 Å². The molecule has 0 heterocycles. The van der Waals surface area contributed by atoms with E-state index in [9.17, 15) is 9.90 Å². The van der Waals surface area contributed by atoms with Crippen molar-refractivity contribution in [3.63, 3.8) is 0 Å². The topological polar surface area (TPSA) is 61.4 Å². The Morgan fingerprint density at radius 1 is 1.35 bits per heavy atom. The number of aliphatic hydroxyl groups is 1. The van der Waals surface area contributed by atoms with Crippen LogP contribution in [0.4, 0.5) is 4.79 Å². The molecule has 0 aliphatic heterocycles. The number of nitrogens with one attached hydrogen (secondary N) is 2.